The maximum Gasteiger partial charge on any atom is 0.338 e. The van der Waals surface area contributed by atoms with Gasteiger partial charge in [-0.2, -0.15) is 0 Å². The molecular weight excluding hydrogens is 518 g/mol. The number of carbonyl (C=O) groups is 1. The number of carbonyl (C=O) groups excluding carboxylic acids is 1. The van der Waals surface area contributed by atoms with Gasteiger partial charge in [-0.3, -0.25) is 9.36 Å². The van der Waals surface area contributed by atoms with E-state index in [1.165, 1.54) is 22.5 Å². The van der Waals surface area contributed by atoms with E-state index >= 15 is 0 Å². The van der Waals surface area contributed by atoms with Crippen molar-refractivity contribution in [2.75, 3.05) is 6.61 Å². The van der Waals surface area contributed by atoms with E-state index in [0.29, 0.717) is 26.5 Å². The molecule has 0 bridgehead atoms. The number of nitrogens with zero attached hydrogens (tertiary/aromatic N) is 3. The Balaban J connectivity index is 1.67. The zero-order valence-electron chi connectivity index (χ0n) is 24.1. The number of aryl methyl sites for hydroxylation is 2. The Morgan fingerprint density at radius 1 is 1.05 bits per heavy atom. The molecule has 0 saturated heterocycles. The van der Waals surface area contributed by atoms with Gasteiger partial charge in [0.25, 0.3) is 5.56 Å². The highest BCUT2D eigenvalue weighted by molar-refractivity contribution is 7.07. The highest BCUT2D eigenvalue weighted by Crippen LogP contribution is 2.31. The van der Waals surface area contributed by atoms with Gasteiger partial charge in [-0.25, -0.2) is 9.79 Å². The van der Waals surface area contributed by atoms with Crippen LogP contribution in [-0.2, 0) is 9.53 Å². The fourth-order valence-electron chi connectivity index (χ4n) is 5.34. The first kappa shape index (κ1) is 27.6. The molecular formula is C33H35N3O3S. The molecule has 2 aromatic heterocycles. The van der Waals surface area contributed by atoms with Gasteiger partial charge in [0.05, 0.1) is 28.5 Å². The van der Waals surface area contributed by atoms with Gasteiger partial charge in [-0.15, -0.1) is 0 Å². The topological polar surface area (TPSA) is 65.6 Å². The van der Waals surface area contributed by atoms with Crippen molar-refractivity contribution in [1.29, 1.82) is 0 Å². The molecule has 3 heterocycles. The van der Waals surface area contributed by atoms with Crippen molar-refractivity contribution in [3.63, 3.8) is 0 Å². The minimum absolute atomic E-state index is 0.170. The molecule has 4 aromatic rings. The van der Waals surface area contributed by atoms with Crippen LogP contribution in [0.5, 0.6) is 0 Å². The van der Waals surface area contributed by atoms with Crippen molar-refractivity contribution < 1.29 is 9.53 Å². The first-order valence-corrected chi connectivity index (χ1v) is 14.5. The first-order chi connectivity index (χ1) is 19.1. The lowest BCUT2D eigenvalue weighted by Gasteiger charge is -2.25. The molecule has 0 N–H and O–H groups in total. The SMILES string of the molecule is CCOC(=O)C1=C(C)N=c2s/c(=C\c3cc(C)n(-c4ccc(C)cc4)c3C)c(=O)n2C1c1ccc(C(C)C)cc1. The van der Waals surface area contributed by atoms with E-state index in [0.717, 1.165) is 28.2 Å². The molecule has 0 radical (unpaired) electrons. The van der Waals surface area contributed by atoms with Crippen LogP contribution in [0, 0.1) is 20.8 Å². The zero-order valence-corrected chi connectivity index (χ0v) is 24.9. The second kappa shape index (κ2) is 10.9. The number of rotatable bonds is 6. The number of benzene rings is 2. The maximum absolute atomic E-state index is 14.0. The second-order valence-corrected chi connectivity index (χ2v) is 11.6. The van der Waals surface area contributed by atoms with Crippen molar-refractivity contribution in [2.45, 2.75) is 60.4 Å². The average molecular weight is 554 g/mol. The molecule has 1 aliphatic rings. The van der Waals surface area contributed by atoms with Crippen LogP contribution < -0.4 is 14.9 Å². The summed E-state index contributed by atoms with van der Waals surface area (Å²) in [5.41, 5.74) is 8.25. The van der Waals surface area contributed by atoms with Crippen LogP contribution in [0.3, 0.4) is 0 Å². The van der Waals surface area contributed by atoms with Gasteiger partial charge >= 0.3 is 5.97 Å². The summed E-state index contributed by atoms with van der Waals surface area (Å²) in [7, 11) is 0. The largest absolute Gasteiger partial charge is 0.463 e. The third kappa shape index (κ3) is 4.90. The summed E-state index contributed by atoms with van der Waals surface area (Å²) in [5.74, 6) is -0.0747. The summed E-state index contributed by atoms with van der Waals surface area (Å²) < 4.78 is 9.85. The second-order valence-electron chi connectivity index (χ2n) is 10.6. The molecule has 1 atom stereocenters. The number of allylic oxidation sites excluding steroid dienone is 1. The first-order valence-electron chi connectivity index (χ1n) is 13.7. The summed E-state index contributed by atoms with van der Waals surface area (Å²) in [6, 6.07) is 18.0. The van der Waals surface area contributed by atoms with Crippen molar-refractivity contribution in [1.82, 2.24) is 9.13 Å². The lowest BCUT2D eigenvalue weighted by molar-refractivity contribution is -0.139. The van der Waals surface area contributed by atoms with Gasteiger partial charge in [0.1, 0.15) is 0 Å². The molecule has 206 valence electrons. The number of aromatic nitrogens is 2. The Bertz CT molecular complexity index is 1800. The summed E-state index contributed by atoms with van der Waals surface area (Å²) >= 11 is 1.35. The minimum Gasteiger partial charge on any atom is -0.463 e. The normalized spacial score (nSPS) is 15.4. The Kier molecular flexibility index (Phi) is 7.51. The molecule has 1 aliphatic heterocycles. The number of esters is 1. The molecule has 0 spiro atoms. The van der Waals surface area contributed by atoms with Crippen LogP contribution in [0.2, 0.25) is 0 Å². The van der Waals surface area contributed by atoms with Crippen LogP contribution in [0.1, 0.15) is 73.3 Å². The van der Waals surface area contributed by atoms with Gasteiger partial charge in [-0.05, 0) is 81.5 Å². The van der Waals surface area contributed by atoms with Crippen LogP contribution in [-0.4, -0.2) is 21.7 Å². The van der Waals surface area contributed by atoms with E-state index in [-0.39, 0.29) is 12.2 Å². The summed E-state index contributed by atoms with van der Waals surface area (Å²) in [6.45, 7) is 14.3. The molecule has 1 unspecified atom stereocenters. The Morgan fingerprint density at radius 3 is 2.35 bits per heavy atom. The summed E-state index contributed by atoms with van der Waals surface area (Å²) in [6.07, 6.45) is 1.94. The van der Waals surface area contributed by atoms with E-state index in [9.17, 15) is 9.59 Å². The number of hydrogen-bond donors (Lipinski definition) is 0. The summed E-state index contributed by atoms with van der Waals surface area (Å²) in [4.78, 5) is 32.5. The maximum atomic E-state index is 14.0. The van der Waals surface area contributed by atoms with Crippen LogP contribution in [0.25, 0.3) is 11.8 Å². The highest BCUT2D eigenvalue weighted by Gasteiger charge is 2.33. The standard InChI is InChI=1S/C33H35N3O3S/c1-8-39-32(38)29-22(6)34-33-36(30(29)25-13-11-24(12-14-25)19(2)3)31(37)28(40-33)18-26-17-21(5)35(23(26)7)27-15-9-20(4)10-16-27/h9-19,30H,8H2,1-7H3/b28-18-. The fraction of sp³-hybridized carbons (Fsp3) is 0.303. The highest BCUT2D eigenvalue weighted by atomic mass is 32.1. The quantitative estimate of drug-likeness (QED) is 0.291. The number of fused-ring (bicyclic) bond motifs is 1. The van der Waals surface area contributed by atoms with Gasteiger partial charge in [0, 0.05) is 17.1 Å². The summed E-state index contributed by atoms with van der Waals surface area (Å²) in [5, 5.41) is 0. The van der Waals surface area contributed by atoms with E-state index < -0.39 is 12.0 Å². The minimum atomic E-state index is -0.612. The lowest BCUT2D eigenvalue weighted by atomic mass is 9.93. The van der Waals surface area contributed by atoms with Crippen LogP contribution in [0.4, 0.5) is 0 Å². The molecule has 0 aliphatic carbocycles. The van der Waals surface area contributed by atoms with Gasteiger partial charge in [0.2, 0.25) is 0 Å². The van der Waals surface area contributed by atoms with Crippen LogP contribution in [0.15, 0.2) is 75.7 Å². The monoisotopic (exact) mass is 553 g/mol. The van der Waals surface area contributed by atoms with E-state index in [1.54, 1.807) is 11.5 Å². The van der Waals surface area contributed by atoms with E-state index in [1.807, 2.05) is 25.1 Å². The number of thiazole rings is 1. The molecule has 5 rings (SSSR count). The van der Waals surface area contributed by atoms with Gasteiger partial charge < -0.3 is 9.30 Å². The third-order valence-corrected chi connectivity index (χ3v) is 8.47. The van der Waals surface area contributed by atoms with E-state index in [2.05, 4.69) is 81.7 Å². The molecule has 40 heavy (non-hydrogen) atoms. The van der Waals surface area contributed by atoms with Gasteiger partial charge in [-0.1, -0.05) is 67.1 Å². The number of hydrogen-bond acceptors (Lipinski definition) is 5. The predicted octanol–water partition coefficient (Wildman–Crippen LogP) is 5.64. The van der Waals surface area contributed by atoms with Crippen molar-refractivity contribution in [3.8, 4) is 5.69 Å². The lowest BCUT2D eigenvalue weighted by Crippen LogP contribution is -2.39. The smallest absolute Gasteiger partial charge is 0.338 e. The molecule has 0 amide bonds. The molecule has 2 aromatic carbocycles. The molecule has 7 heteroatoms. The van der Waals surface area contributed by atoms with Crippen LogP contribution >= 0.6 is 11.3 Å². The Hall–Kier alpha value is -3.97. The predicted molar refractivity (Wildman–Crippen MR) is 161 cm³/mol. The molecule has 0 fully saturated rings. The average Bonchev–Trinajstić information content (AvgIpc) is 3.38. The van der Waals surface area contributed by atoms with Gasteiger partial charge in [0.15, 0.2) is 4.80 Å². The van der Waals surface area contributed by atoms with E-state index in [4.69, 9.17) is 9.73 Å². The van der Waals surface area contributed by atoms with Crippen molar-refractivity contribution in [2.24, 2.45) is 4.99 Å². The fourth-order valence-corrected chi connectivity index (χ4v) is 6.37. The molecule has 6 nitrogen and oxygen atoms in total. The third-order valence-electron chi connectivity index (χ3n) is 7.48. The van der Waals surface area contributed by atoms with Crippen molar-refractivity contribution >= 4 is 23.4 Å². The number of ether oxygens (including phenoxy) is 1. The Morgan fingerprint density at radius 2 is 1.73 bits per heavy atom. The molecule has 0 saturated carbocycles. The Labute approximate surface area is 238 Å². The zero-order chi connectivity index (χ0) is 28.7. The van der Waals surface area contributed by atoms with Crippen molar-refractivity contribution in [3.05, 3.63) is 119 Å².